The van der Waals surface area contributed by atoms with Gasteiger partial charge in [0.25, 0.3) is 5.91 Å². The molecule has 4 heteroatoms. The van der Waals surface area contributed by atoms with E-state index in [0.29, 0.717) is 11.4 Å². The first-order chi connectivity index (χ1) is 7.25. The third-order valence-electron chi connectivity index (χ3n) is 2.55. The lowest BCUT2D eigenvalue weighted by atomic mass is 10.3. The van der Waals surface area contributed by atoms with Gasteiger partial charge in [-0.3, -0.25) is 4.79 Å². The molecule has 0 radical (unpaired) electrons. The van der Waals surface area contributed by atoms with E-state index in [4.69, 9.17) is 5.73 Å². The summed E-state index contributed by atoms with van der Waals surface area (Å²) in [6.45, 7) is 0.746. The molecule has 1 aromatic heterocycles. The van der Waals surface area contributed by atoms with Crippen LogP contribution in [-0.2, 0) is 0 Å². The molecule has 0 aliphatic heterocycles. The van der Waals surface area contributed by atoms with Gasteiger partial charge in [-0.05, 0) is 24.5 Å². The molecule has 1 aliphatic rings. The van der Waals surface area contributed by atoms with Crippen molar-refractivity contribution in [3.05, 3.63) is 24.0 Å². The van der Waals surface area contributed by atoms with Gasteiger partial charge in [-0.2, -0.15) is 0 Å². The Bertz CT molecular complexity index is 343. The zero-order chi connectivity index (χ0) is 10.7. The molecule has 1 fully saturated rings. The summed E-state index contributed by atoms with van der Waals surface area (Å²) in [5.41, 5.74) is 6.48. The van der Waals surface area contributed by atoms with Gasteiger partial charge in [-0.1, -0.05) is 12.8 Å². The van der Waals surface area contributed by atoms with Crippen LogP contribution in [0.5, 0.6) is 0 Å². The number of nitrogens with two attached hydrogens (primary N) is 1. The number of amides is 1. The van der Waals surface area contributed by atoms with Gasteiger partial charge in [-0.15, -0.1) is 0 Å². The third kappa shape index (κ3) is 2.94. The minimum atomic E-state index is -0.115. The topological polar surface area (TPSA) is 68.0 Å². The number of anilines is 1. The van der Waals surface area contributed by atoms with E-state index >= 15 is 0 Å². The number of nitrogens with one attached hydrogen (secondary N) is 1. The van der Waals surface area contributed by atoms with Crippen LogP contribution in [0.25, 0.3) is 0 Å². The minimum Gasteiger partial charge on any atom is -0.397 e. The Morgan fingerprint density at radius 1 is 1.53 bits per heavy atom. The number of nitrogen functional groups attached to an aromatic ring is 1. The molecular weight excluding hydrogens is 190 g/mol. The summed E-state index contributed by atoms with van der Waals surface area (Å²) < 4.78 is 0. The summed E-state index contributed by atoms with van der Waals surface area (Å²) in [4.78, 5) is 15.5. The summed E-state index contributed by atoms with van der Waals surface area (Å²) in [6.07, 6.45) is 5.21. The maximum atomic E-state index is 11.5. The molecule has 4 nitrogen and oxygen atoms in total. The molecule has 1 saturated carbocycles. The second-order valence-electron chi connectivity index (χ2n) is 3.96. The van der Waals surface area contributed by atoms with Crippen LogP contribution in [0.2, 0.25) is 0 Å². The zero-order valence-electron chi connectivity index (χ0n) is 8.57. The normalized spacial score (nSPS) is 14.9. The molecule has 0 saturated heterocycles. The number of nitrogens with zero attached hydrogens (tertiary/aromatic N) is 1. The molecule has 1 aliphatic carbocycles. The van der Waals surface area contributed by atoms with Gasteiger partial charge >= 0.3 is 0 Å². The van der Waals surface area contributed by atoms with Crippen molar-refractivity contribution >= 4 is 11.6 Å². The molecule has 3 N–H and O–H groups in total. The van der Waals surface area contributed by atoms with E-state index < -0.39 is 0 Å². The van der Waals surface area contributed by atoms with E-state index in [0.717, 1.165) is 18.9 Å². The van der Waals surface area contributed by atoms with E-state index in [1.165, 1.54) is 19.0 Å². The molecule has 80 valence electrons. The van der Waals surface area contributed by atoms with Crippen LogP contribution in [0.1, 0.15) is 29.8 Å². The van der Waals surface area contributed by atoms with E-state index in [-0.39, 0.29) is 5.91 Å². The van der Waals surface area contributed by atoms with Crippen molar-refractivity contribution in [2.75, 3.05) is 12.3 Å². The summed E-state index contributed by atoms with van der Waals surface area (Å²) >= 11 is 0. The molecule has 1 aromatic rings. The van der Waals surface area contributed by atoms with Crippen molar-refractivity contribution in [3.63, 3.8) is 0 Å². The first kappa shape index (κ1) is 9.96. The van der Waals surface area contributed by atoms with Gasteiger partial charge < -0.3 is 11.1 Å². The number of hydrogen-bond donors (Lipinski definition) is 2. The van der Waals surface area contributed by atoms with Crippen molar-refractivity contribution in [2.24, 2.45) is 5.92 Å². The molecule has 0 aromatic carbocycles. The number of carbonyl (C=O) groups excluding carboxylic acids is 1. The molecule has 15 heavy (non-hydrogen) atoms. The van der Waals surface area contributed by atoms with E-state index in [9.17, 15) is 4.79 Å². The summed E-state index contributed by atoms with van der Waals surface area (Å²) in [7, 11) is 0. The van der Waals surface area contributed by atoms with Crippen molar-refractivity contribution < 1.29 is 4.79 Å². The molecule has 0 spiro atoms. The maximum Gasteiger partial charge on any atom is 0.269 e. The molecular formula is C11H15N3O. The second kappa shape index (κ2) is 4.29. The molecule has 1 amide bonds. The highest BCUT2D eigenvalue weighted by Gasteiger charge is 2.20. The molecule has 0 atom stereocenters. The average molecular weight is 205 g/mol. The van der Waals surface area contributed by atoms with Crippen molar-refractivity contribution in [1.29, 1.82) is 0 Å². The van der Waals surface area contributed by atoms with Gasteiger partial charge in [0.2, 0.25) is 0 Å². The summed E-state index contributed by atoms with van der Waals surface area (Å²) in [5, 5.41) is 2.85. The van der Waals surface area contributed by atoms with Gasteiger partial charge in [0.1, 0.15) is 5.69 Å². The number of pyridine rings is 1. The van der Waals surface area contributed by atoms with Crippen LogP contribution in [0, 0.1) is 5.92 Å². The third-order valence-corrected chi connectivity index (χ3v) is 2.55. The van der Waals surface area contributed by atoms with E-state index in [2.05, 4.69) is 10.3 Å². The summed E-state index contributed by atoms with van der Waals surface area (Å²) in [5.74, 6) is 0.723. The van der Waals surface area contributed by atoms with Gasteiger partial charge in [0, 0.05) is 6.54 Å². The van der Waals surface area contributed by atoms with Crippen molar-refractivity contribution in [1.82, 2.24) is 10.3 Å². The first-order valence-corrected chi connectivity index (χ1v) is 5.25. The average Bonchev–Trinajstić information content (AvgIpc) is 3.02. The first-order valence-electron chi connectivity index (χ1n) is 5.25. The van der Waals surface area contributed by atoms with Crippen molar-refractivity contribution in [2.45, 2.75) is 19.3 Å². The quantitative estimate of drug-likeness (QED) is 0.776. The lowest BCUT2D eigenvalue weighted by Gasteiger charge is -2.03. The van der Waals surface area contributed by atoms with Crippen LogP contribution >= 0.6 is 0 Å². The van der Waals surface area contributed by atoms with E-state index in [1.54, 1.807) is 12.1 Å². The highest BCUT2D eigenvalue weighted by Crippen LogP contribution is 2.31. The van der Waals surface area contributed by atoms with Crippen molar-refractivity contribution in [3.8, 4) is 0 Å². The Kier molecular flexibility index (Phi) is 2.85. The summed E-state index contributed by atoms with van der Waals surface area (Å²) in [6, 6.07) is 3.32. The second-order valence-corrected chi connectivity index (χ2v) is 3.96. The molecule has 0 unspecified atom stereocenters. The fraction of sp³-hybridized carbons (Fsp3) is 0.455. The Hall–Kier alpha value is -1.58. The number of aromatic nitrogens is 1. The molecule has 0 bridgehead atoms. The lowest BCUT2D eigenvalue weighted by Crippen LogP contribution is -2.25. The zero-order valence-corrected chi connectivity index (χ0v) is 8.57. The van der Waals surface area contributed by atoms with Gasteiger partial charge in [0.15, 0.2) is 0 Å². The van der Waals surface area contributed by atoms with E-state index in [1.807, 2.05) is 0 Å². The Balaban J connectivity index is 1.81. The molecule has 1 heterocycles. The van der Waals surface area contributed by atoms with Crippen LogP contribution in [0.3, 0.4) is 0 Å². The fourth-order valence-corrected chi connectivity index (χ4v) is 1.43. The van der Waals surface area contributed by atoms with Gasteiger partial charge in [0.05, 0.1) is 11.9 Å². The van der Waals surface area contributed by atoms with Crippen LogP contribution < -0.4 is 11.1 Å². The Morgan fingerprint density at radius 3 is 2.93 bits per heavy atom. The Labute approximate surface area is 88.9 Å². The predicted octanol–water partition coefficient (Wildman–Crippen LogP) is 1.19. The largest absolute Gasteiger partial charge is 0.397 e. The highest BCUT2D eigenvalue weighted by molar-refractivity contribution is 5.92. The minimum absolute atomic E-state index is 0.115. The monoisotopic (exact) mass is 205 g/mol. The highest BCUT2D eigenvalue weighted by atomic mass is 16.1. The fourth-order valence-electron chi connectivity index (χ4n) is 1.43. The maximum absolute atomic E-state index is 11.5. The number of carbonyl (C=O) groups is 1. The van der Waals surface area contributed by atoms with Crippen LogP contribution in [-0.4, -0.2) is 17.4 Å². The number of rotatable bonds is 4. The smallest absolute Gasteiger partial charge is 0.269 e. The number of hydrogen-bond acceptors (Lipinski definition) is 3. The standard InChI is InChI=1S/C11H15N3O/c12-9-3-4-10(14-7-9)11(15)13-6-5-8-1-2-8/h3-4,7-8H,1-2,5-6,12H2,(H,13,15). The predicted molar refractivity (Wildman–Crippen MR) is 58.3 cm³/mol. The SMILES string of the molecule is Nc1ccc(C(=O)NCCC2CC2)nc1. The Morgan fingerprint density at radius 2 is 2.33 bits per heavy atom. The molecule has 2 rings (SSSR count). The lowest BCUT2D eigenvalue weighted by molar-refractivity contribution is 0.0948. The van der Waals surface area contributed by atoms with Crippen LogP contribution in [0.4, 0.5) is 5.69 Å². The van der Waals surface area contributed by atoms with Gasteiger partial charge in [-0.25, -0.2) is 4.98 Å². The van der Waals surface area contributed by atoms with Crippen LogP contribution in [0.15, 0.2) is 18.3 Å².